The Morgan fingerprint density at radius 2 is 1.74 bits per heavy atom. The molecular weight excluding hydrogens is 434 g/mol. The number of benzene rings is 2. The molecule has 2 aromatic heterocycles. The summed E-state index contributed by atoms with van der Waals surface area (Å²) in [5.41, 5.74) is 8.51. The number of pyridine rings is 1. The van der Waals surface area contributed by atoms with Gasteiger partial charge in [-0.25, -0.2) is 4.79 Å². The first-order valence-corrected chi connectivity index (χ1v) is 11.0. The van der Waals surface area contributed by atoms with Crippen LogP contribution in [0.1, 0.15) is 22.8 Å². The Labute approximate surface area is 197 Å². The Morgan fingerprint density at radius 3 is 2.41 bits per heavy atom. The zero-order chi connectivity index (χ0) is 24.2. The normalized spacial score (nSPS) is 10.9. The van der Waals surface area contributed by atoms with Gasteiger partial charge in [0.2, 0.25) is 0 Å². The van der Waals surface area contributed by atoms with Crippen molar-refractivity contribution in [2.45, 2.75) is 13.3 Å². The van der Waals surface area contributed by atoms with E-state index >= 15 is 0 Å². The van der Waals surface area contributed by atoms with Crippen LogP contribution in [0.4, 0.5) is 4.79 Å². The molecule has 34 heavy (non-hydrogen) atoms. The summed E-state index contributed by atoms with van der Waals surface area (Å²) < 4.78 is 19.0. The van der Waals surface area contributed by atoms with Crippen molar-refractivity contribution in [3.05, 3.63) is 71.9 Å². The van der Waals surface area contributed by atoms with Crippen LogP contribution in [0.15, 0.2) is 60.8 Å². The Morgan fingerprint density at radius 1 is 0.971 bits per heavy atom. The highest BCUT2D eigenvalue weighted by atomic mass is 16.6. The molecule has 0 aliphatic heterocycles. The van der Waals surface area contributed by atoms with Gasteiger partial charge in [0, 0.05) is 38.8 Å². The summed E-state index contributed by atoms with van der Waals surface area (Å²) in [6.45, 7) is 2.90. The van der Waals surface area contributed by atoms with Crippen LogP contribution in [0.25, 0.3) is 16.4 Å². The Kier molecular flexibility index (Phi) is 6.58. The molecule has 0 saturated carbocycles. The molecule has 4 aromatic rings. The van der Waals surface area contributed by atoms with E-state index in [1.165, 1.54) is 4.90 Å². The van der Waals surface area contributed by atoms with E-state index in [0.29, 0.717) is 53.1 Å². The third kappa shape index (κ3) is 4.61. The van der Waals surface area contributed by atoms with Crippen molar-refractivity contribution < 1.29 is 23.8 Å². The van der Waals surface area contributed by atoms with E-state index in [4.69, 9.17) is 19.9 Å². The number of nitrogens with two attached hydrogens (primary N) is 1. The van der Waals surface area contributed by atoms with Crippen LogP contribution in [-0.4, -0.2) is 48.6 Å². The van der Waals surface area contributed by atoms with E-state index in [-0.39, 0.29) is 0 Å². The second-order valence-electron chi connectivity index (χ2n) is 7.95. The SMILES string of the molecule is CCOc1ccc(CCOc2cc(OC(=O)N(C)C)cc3c2c(C(N)=O)c2ccccn23)cc1. The molecule has 2 heterocycles. The van der Waals surface area contributed by atoms with Crippen LogP contribution in [0.3, 0.4) is 0 Å². The minimum atomic E-state index is -0.562. The smallest absolute Gasteiger partial charge is 0.414 e. The highest BCUT2D eigenvalue weighted by Gasteiger charge is 2.22. The van der Waals surface area contributed by atoms with E-state index in [9.17, 15) is 9.59 Å². The molecule has 0 atom stereocenters. The molecule has 0 radical (unpaired) electrons. The van der Waals surface area contributed by atoms with Gasteiger partial charge in [0.25, 0.3) is 5.91 Å². The predicted molar refractivity (Wildman–Crippen MR) is 130 cm³/mol. The summed E-state index contributed by atoms with van der Waals surface area (Å²) in [5, 5.41) is 0.579. The first kappa shape index (κ1) is 23.0. The summed E-state index contributed by atoms with van der Waals surface area (Å²) in [5.74, 6) is 0.980. The van der Waals surface area contributed by atoms with Gasteiger partial charge in [-0.2, -0.15) is 0 Å². The number of rotatable bonds is 8. The van der Waals surface area contributed by atoms with E-state index in [0.717, 1.165) is 11.3 Å². The third-order valence-corrected chi connectivity index (χ3v) is 5.38. The predicted octanol–water partition coefficient (Wildman–Crippen LogP) is 4.27. The number of carbonyl (C=O) groups is 2. The van der Waals surface area contributed by atoms with Gasteiger partial charge in [-0.15, -0.1) is 0 Å². The molecule has 4 rings (SSSR count). The maximum Gasteiger partial charge on any atom is 0.414 e. The van der Waals surface area contributed by atoms with Crippen molar-refractivity contribution in [1.82, 2.24) is 9.30 Å². The van der Waals surface area contributed by atoms with Crippen molar-refractivity contribution in [3.63, 3.8) is 0 Å². The maximum absolute atomic E-state index is 12.4. The van der Waals surface area contributed by atoms with Crippen molar-refractivity contribution in [3.8, 4) is 17.2 Å². The van der Waals surface area contributed by atoms with Crippen LogP contribution in [0.2, 0.25) is 0 Å². The highest BCUT2D eigenvalue weighted by molar-refractivity contribution is 6.15. The fourth-order valence-corrected chi connectivity index (χ4v) is 3.81. The van der Waals surface area contributed by atoms with Gasteiger partial charge >= 0.3 is 6.09 Å². The van der Waals surface area contributed by atoms with Gasteiger partial charge < -0.3 is 29.2 Å². The number of ether oxygens (including phenoxy) is 3. The lowest BCUT2D eigenvalue weighted by Gasteiger charge is -2.14. The van der Waals surface area contributed by atoms with E-state index in [1.807, 2.05) is 60.0 Å². The fourth-order valence-electron chi connectivity index (χ4n) is 3.81. The number of hydrogen-bond donors (Lipinski definition) is 1. The number of amides is 2. The summed E-state index contributed by atoms with van der Waals surface area (Å²) in [6, 6.07) is 16.6. The molecule has 0 aliphatic rings. The van der Waals surface area contributed by atoms with Gasteiger partial charge in [0.1, 0.15) is 17.2 Å². The summed E-state index contributed by atoms with van der Waals surface area (Å²) in [6.07, 6.45) is 1.94. The molecular formula is C26H27N3O5. The minimum Gasteiger partial charge on any atom is -0.494 e. The van der Waals surface area contributed by atoms with Crippen LogP contribution < -0.4 is 19.9 Å². The maximum atomic E-state index is 12.4. The summed E-state index contributed by atoms with van der Waals surface area (Å²) >= 11 is 0. The zero-order valence-electron chi connectivity index (χ0n) is 19.4. The Balaban J connectivity index is 1.72. The molecule has 8 heteroatoms. The second kappa shape index (κ2) is 9.74. The molecule has 0 unspecified atom stereocenters. The Bertz CT molecular complexity index is 1340. The number of hydrogen-bond acceptors (Lipinski definition) is 5. The first-order chi connectivity index (χ1) is 16.4. The van der Waals surface area contributed by atoms with Crippen LogP contribution in [0, 0.1) is 0 Å². The van der Waals surface area contributed by atoms with Gasteiger partial charge in [-0.3, -0.25) is 4.79 Å². The standard InChI is InChI=1S/C26H27N3O5/c1-4-32-18-10-8-17(9-11-18)12-14-33-22-16-19(34-26(31)28(2)3)15-21-23(22)24(25(27)30)20-7-5-6-13-29(20)21/h5-11,13,15-16H,4,12,14H2,1-3H3,(H2,27,30). The second-order valence-corrected chi connectivity index (χ2v) is 7.95. The van der Waals surface area contributed by atoms with Crippen molar-refractivity contribution in [2.75, 3.05) is 27.3 Å². The van der Waals surface area contributed by atoms with Crippen LogP contribution >= 0.6 is 0 Å². The van der Waals surface area contributed by atoms with Crippen molar-refractivity contribution in [2.24, 2.45) is 5.73 Å². The molecule has 2 aromatic carbocycles. The van der Waals surface area contributed by atoms with Gasteiger partial charge in [0.05, 0.1) is 35.2 Å². The van der Waals surface area contributed by atoms with Gasteiger partial charge in [-0.05, 0) is 36.8 Å². The number of carbonyl (C=O) groups excluding carboxylic acids is 2. The highest BCUT2D eigenvalue weighted by Crippen LogP contribution is 2.37. The summed E-state index contributed by atoms with van der Waals surface area (Å²) in [4.78, 5) is 25.9. The molecule has 2 amide bonds. The molecule has 2 N–H and O–H groups in total. The van der Waals surface area contributed by atoms with Gasteiger partial charge in [-0.1, -0.05) is 18.2 Å². The van der Waals surface area contributed by atoms with Crippen molar-refractivity contribution in [1.29, 1.82) is 0 Å². The lowest BCUT2D eigenvalue weighted by molar-refractivity contribution is 0.100. The molecule has 0 fully saturated rings. The largest absolute Gasteiger partial charge is 0.494 e. The quantitative estimate of drug-likeness (QED) is 0.423. The minimum absolute atomic E-state index is 0.307. The number of aromatic nitrogens is 1. The average molecular weight is 462 g/mol. The molecule has 0 saturated heterocycles. The molecule has 0 spiro atoms. The molecule has 176 valence electrons. The van der Waals surface area contributed by atoms with E-state index < -0.39 is 12.0 Å². The number of nitrogens with zero attached hydrogens (tertiary/aromatic N) is 2. The molecule has 0 bridgehead atoms. The Hall–Kier alpha value is -4.20. The lowest BCUT2D eigenvalue weighted by atomic mass is 10.1. The third-order valence-electron chi connectivity index (χ3n) is 5.38. The first-order valence-electron chi connectivity index (χ1n) is 11.0. The molecule has 0 aliphatic carbocycles. The zero-order valence-corrected chi connectivity index (χ0v) is 19.4. The number of fused-ring (bicyclic) bond motifs is 3. The van der Waals surface area contributed by atoms with E-state index in [1.54, 1.807) is 26.2 Å². The van der Waals surface area contributed by atoms with Crippen LogP contribution in [0.5, 0.6) is 17.2 Å². The number of primary amides is 1. The lowest BCUT2D eigenvalue weighted by Crippen LogP contribution is -2.25. The fraction of sp³-hybridized carbons (Fsp3) is 0.231. The van der Waals surface area contributed by atoms with Crippen molar-refractivity contribution >= 4 is 28.4 Å². The topological polar surface area (TPSA) is 95.5 Å². The summed E-state index contributed by atoms with van der Waals surface area (Å²) in [7, 11) is 3.21. The van der Waals surface area contributed by atoms with Gasteiger partial charge in [0.15, 0.2) is 0 Å². The van der Waals surface area contributed by atoms with Crippen LogP contribution in [-0.2, 0) is 6.42 Å². The monoisotopic (exact) mass is 461 g/mol. The molecule has 8 nitrogen and oxygen atoms in total. The average Bonchev–Trinajstić information content (AvgIpc) is 3.15. The van der Waals surface area contributed by atoms with E-state index in [2.05, 4.69) is 0 Å².